The van der Waals surface area contributed by atoms with Crippen molar-refractivity contribution >= 4 is 29.1 Å². The molecule has 2 N–H and O–H groups in total. The average molecular weight is 305 g/mol. The number of rotatable bonds is 3. The van der Waals surface area contributed by atoms with Gasteiger partial charge in [0.2, 0.25) is 5.91 Å². The topological polar surface area (TPSA) is 41.1 Å². The number of carbonyl (C=O) groups is 1. The molecule has 0 bridgehead atoms. The molecule has 1 aliphatic rings. The van der Waals surface area contributed by atoms with Crippen LogP contribution in [-0.2, 0) is 4.79 Å². The van der Waals surface area contributed by atoms with Gasteiger partial charge in [-0.05, 0) is 37.5 Å². The number of amides is 1. The molecular formula is C13H15Cl2FN2O. The molecule has 1 aromatic carbocycles. The van der Waals surface area contributed by atoms with Crippen LogP contribution >= 0.6 is 23.2 Å². The van der Waals surface area contributed by atoms with E-state index < -0.39 is 5.82 Å². The van der Waals surface area contributed by atoms with Gasteiger partial charge in [0.15, 0.2) is 0 Å². The van der Waals surface area contributed by atoms with Gasteiger partial charge in [0.1, 0.15) is 5.82 Å². The van der Waals surface area contributed by atoms with Gasteiger partial charge in [-0.2, -0.15) is 0 Å². The molecule has 104 valence electrons. The highest BCUT2D eigenvalue weighted by atomic mass is 35.5. The molecule has 3 nitrogen and oxygen atoms in total. The Balaban J connectivity index is 2.13. The number of halogens is 3. The van der Waals surface area contributed by atoms with Crippen molar-refractivity contribution in [2.75, 3.05) is 6.54 Å². The summed E-state index contributed by atoms with van der Waals surface area (Å²) in [5, 5.41) is 6.35. The number of hydrogen-bond donors (Lipinski definition) is 2. The summed E-state index contributed by atoms with van der Waals surface area (Å²) in [6.07, 6.45) is 1.70. The van der Waals surface area contributed by atoms with Crippen LogP contribution in [0, 0.1) is 5.82 Å². The van der Waals surface area contributed by atoms with Crippen molar-refractivity contribution in [1.82, 2.24) is 10.6 Å². The number of carbonyl (C=O) groups excluding carboxylic acids is 1. The molecule has 0 spiro atoms. The quantitative estimate of drug-likeness (QED) is 0.843. The van der Waals surface area contributed by atoms with E-state index in [1.54, 1.807) is 0 Å². The standard InChI is InChI=1S/C13H15Cl2FN2O/c1-7(18-12-3-2-4-17-13(12)19)8-5-11(16)10(15)6-9(8)14/h5-7,12,18H,2-4H2,1H3,(H,17,19). The minimum atomic E-state index is -0.511. The third-order valence-corrected chi connectivity index (χ3v) is 3.86. The van der Waals surface area contributed by atoms with E-state index in [-0.39, 0.29) is 23.0 Å². The SMILES string of the molecule is CC(NC1CCCNC1=O)c1cc(F)c(Cl)cc1Cl. The first kappa shape index (κ1) is 14.6. The van der Waals surface area contributed by atoms with E-state index >= 15 is 0 Å². The van der Waals surface area contributed by atoms with Crippen LogP contribution in [0.25, 0.3) is 0 Å². The predicted molar refractivity (Wildman–Crippen MR) is 74.0 cm³/mol. The Morgan fingerprint density at radius 1 is 1.42 bits per heavy atom. The highest BCUT2D eigenvalue weighted by molar-refractivity contribution is 6.35. The van der Waals surface area contributed by atoms with E-state index in [4.69, 9.17) is 23.2 Å². The number of nitrogens with one attached hydrogen (secondary N) is 2. The van der Waals surface area contributed by atoms with Gasteiger partial charge >= 0.3 is 0 Å². The van der Waals surface area contributed by atoms with Crippen LogP contribution in [0.15, 0.2) is 12.1 Å². The van der Waals surface area contributed by atoms with Crippen LogP contribution in [0.1, 0.15) is 31.4 Å². The van der Waals surface area contributed by atoms with Gasteiger partial charge in [0.05, 0.1) is 11.1 Å². The van der Waals surface area contributed by atoms with Crippen LogP contribution < -0.4 is 10.6 Å². The molecule has 1 amide bonds. The Bertz CT molecular complexity index is 496. The van der Waals surface area contributed by atoms with Gasteiger partial charge in [0, 0.05) is 17.6 Å². The molecule has 2 rings (SSSR count). The van der Waals surface area contributed by atoms with Gasteiger partial charge in [-0.25, -0.2) is 4.39 Å². The first-order valence-corrected chi connectivity index (χ1v) is 6.93. The zero-order valence-corrected chi connectivity index (χ0v) is 12.0. The van der Waals surface area contributed by atoms with Crippen molar-refractivity contribution < 1.29 is 9.18 Å². The Kier molecular flexibility index (Phi) is 4.66. The summed E-state index contributed by atoms with van der Waals surface area (Å²) in [6.45, 7) is 2.55. The lowest BCUT2D eigenvalue weighted by Gasteiger charge is -2.26. The predicted octanol–water partition coefficient (Wildman–Crippen LogP) is 3.06. The van der Waals surface area contributed by atoms with Crippen molar-refractivity contribution in [3.63, 3.8) is 0 Å². The average Bonchev–Trinajstić information content (AvgIpc) is 2.36. The van der Waals surface area contributed by atoms with Crippen molar-refractivity contribution in [2.45, 2.75) is 31.8 Å². The normalized spacial score (nSPS) is 21.1. The van der Waals surface area contributed by atoms with Gasteiger partial charge in [-0.15, -0.1) is 0 Å². The van der Waals surface area contributed by atoms with Gasteiger partial charge in [-0.3, -0.25) is 10.1 Å². The van der Waals surface area contributed by atoms with E-state index in [1.807, 2.05) is 6.92 Å². The minimum absolute atomic E-state index is 0.00337. The number of hydrogen-bond acceptors (Lipinski definition) is 2. The summed E-state index contributed by atoms with van der Waals surface area (Å²) in [4.78, 5) is 11.7. The summed E-state index contributed by atoms with van der Waals surface area (Å²) in [6, 6.07) is 2.20. The molecular weight excluding hydrogens is 290 g/mol. The fourth-order valence-corrected chi connectivity index (χ4v) is 2.74. The van der Waals surface area contributed by atoms with Crippen LogP contribution in [0.4, 0.5) is 4.39 Å². The number of benzene rings is 1. The highest BCUT2D eigenvalue weighted by Crippen LogP contribution is 2.29. The summed E-state index contributed by atoms with van der Waals surface area (Å²) >= 11 is 11.7. The Morgan fingerprint density at radius 3 is 2.84 bits per heavy atom. The zero-order chi connectivity index (χ0) is 14.0. The monoisotopic (exact) mass is 304 g/mol. The first-order valence-electron chi connectivity index (χ1n) is 6.17. The Morgan fingerprint density at radius 2 is 2.16 bits per heavy atom. The lowest BCUT2D eigenvalue weighted by molar-refractivity contribution is -0.124. The van der Waals surface area contributed by atoms with Crippen molar-refractivity contribution in [1.29, 1.82) is 0 Å². The fourth-order valence-electron chi connectivity index (χ4n) is 2.19. The molecule has 0 saturated carbocycles. The molecule has 0 aliphatic carbocycles. The molecule has 2 atom stereocenters. The molecule has 1 saturated heterocycles. The molecule has 1 aliphatic heterocycles. The maximum Gasteiger partial charge on any atom is 0.237 e. The maximum atomic E-state index is 13.5. The highest BCUT2D eigenvalue weighted by Gasteiger charge is 2.24. The van der Waals surface area contributed by atoms with Crippen LogP contribution in [-0.4, -0.2) is 18.5 Å². The molecule has 2 unspecified atom stereocenters. The van der Waals surface area contributed by atoms with E-state index in [2.05, 4.69) is 10.6 Å². The van der Waals surface area contributed by atoms with E-state index in [0.717, 1.165) is 12.8 Å². The number of piperidine rings is 1. The maximum absolute atomic E-state index is 13.5. The fraction of sp³-hybridized carbons (Fsp3) is 0.462. The van der Waals surface area contributed by atoms with Crippen molar-refractivity contribution in [3.05, 3.63) is 33.6 Å². The lowest BCUT2D eigenvalue weighted by Crippen LogP contribution is -2.48. The molecule has 0 radical (unpaired) electrons. The summed E-state index contributed by atoms with van der Waals surface area (Å²) in [7, 11) is 0. The molecule has 1 heterocycles. The van der Waals surface area contributed by atoms with Crippen LogP contribution in [0.3, 0.4) is 0 Å². The molecule has 6 heteroatoms. The summed E-state index contributed by atoms with van der Waals surface area (Å²) in [5.41, 5.74) is 0.599. The summed E-state index contributed by atoms with van der Waals surface area (Å²) in [5.74, 6) is -0.536. The second-order valence-electron chi connectivity index (χ2n) is 4.66. The summed E-state index contributed by atoms with van der Waals surface area (Å²) < 4.78 is 13.5. The lowest BCUT2D eigenvalue weighted by atomic mass is 10.0. The molecule has 19 heavy (non-hydrogen) atoms. The Labute approximate surface area is 121 Å². The van der Waals surface area contributed by atoms with Gasteiger partial charge < -0.3 is 5.32 Å². The van der Waals surface area contributed by atoms with Gasteiger partial charge in [0.25, 0.3) is 0 Å². The molecule has 1 fully saturated rings. The first-order chi connectivity index (χ1) is 8.99. The largest absolute Gasteiger partial charge is 0.355 e. The molecule has 1 aromatic rings. The van der Waals surface area contributed by atoms with E-state index in [0.29, 0.717) is 17.1 Å². The minimum Gasteiger partial charge on any atom is -0.355 e. The van der Waals surface area contributed by atoms with Crippen LogP contribution in [0.2, 0.25) is 10.0 Å². The third kappa shape index (κ3) is 3.38. The third-order valence-electron chi connectivity index (χ3n) is 3.24. The zero-order valence-electron chi connectivity index (χ0n) is 10.5. The second-order valence-corrected chi connectivity index (χ2v) is 5.48. The van der Waals surface area contributed by atoms with Crippen molar-refractivity contribution in [3.8, 4) is 0 Å². The van der Waals surface area contributed by atoms with Gasteiger partial charge in [-0.1, -0.05) is 23.2 Å². The second kappa shape index (κ2) is 6.07. The Hall–Kier alpha value is -0.840. The van der Waals surface area contributed by atoms with E-state index in [9.17, 15) is 9.18 Å². The van der Waals surface area contributed by atoms with E-state index in [1.165, 1.54) is 12.1 Å². The van der Waals surface area contributed by atoms with Crippen molar-refractivity contribution in [2.24, 2.45) is 0 Å². The smallest absolute Gasteiger partial charge is 0.237 e. The van der Waals surface area contributed by atoms with Crippen LogP contribution in [0.5, 0.6) is 0 Å². The molecule has 0 aromatic heterocycles.